The van der Waals surface area contributed by atoms with Crippen molar-refractivity contribution >= 4 is 17.7 Å². The molecular formula is C17H19N7O. The third-order valence-corrected chi connectivity index (χ3v) is 5.91. The van der Waals surface area contributed by atoms with Crippen LogP contribution in [0, 0.1) is 11.8 Å². The fraction of sp³-hybridized carbons (Fsp3) is 0.529. The predicted octanol–water partition coefficient (Wildman–Crippen LogP) is 0.559. The summed E-state index contributed by atoms with van der Waals surface area (Å²) in [6.07, 6.45) is 5.19. The van der Waals surface area contributed by atoms with Gasteiger partial charge in [0.25, 0.3) is 0 Å². The lowest BCUT2D eigenvalue weighted by Gasteiger charge is -2.55. The van der Waals surface area contributed by atoms with E-state index in [1.807, 2.05) is 6.07 Å². The zero-order valence-corrected chi connectivity index (χ0v) is 13.7. The van der Waals surface area contributed by atoms with Crippen LogP contribution in [0.4, 0.5) is 17.7 Å². The minimum atomic E-state index is 0.273. The zero-order chi connectivity index (χ0) is 16.5. The van der Waals surface area contributed by atoms with Gasteiger partial charge in [-0.1, -0.05) is 0 Å². The summed E-state index contributed by atoms with van der Waals surface area (Å²) in [5, 5.41) is 0. The van der Waals surface area contributed by atoms with Crippen LogP contribution in [0.25, 0.3) is 11.3 Å². The number of fused-ring (bicyclic) bond motifs is 2. The molecule has 3 unspecified atom stereocenters. The van der Waals surface area contributed by atoms with Crippen LogP contribution in [0.15, 0.2) is 18.5 Å². The summed E-state index contributed by atoms with van der Waals surface area (Å²) >= 11 is 0. The Kier molecular flexibility index (Phi) is 2.64. The van der Waals surface area contributed by atoms with Crippen LogP contribution < -0.4 is 15.5 Å². The Morgan fingerprint density at radius 1 is 1.08 bits per heavy atom. The summed E-state index contributed by atoms with van der Waals surface area (Å²) in [6, 6.07) is 2.49. The molecule has 0 aromatic carbocycles. The van der Waals surface area contributed by atoms with Crippen molar-refractivity contribution in [3.05, 3.63) is 18.5 Å². The number of nitrogens with two attached hydrogens (primary N) is 1. The van der Waals surface area contributed by atoms with Crippen LogP contribution in [0.1, 0.15) is 6.42 Å². The summed E-state index contributed by atoms with van der Waals surface area (Å²) in [7, 11) is 0. The SMILES string of the molecule is Nc1ncc(-c2cc(N3CC4OC[C@H]43)nc(N3CC4CC4C3)n2)cn1. The summed E-state index contributed by atoms with van der Waals surface area (Å²) in [5.41, 5.74) is 7.34. The number of ether oxygens (including phenoxy) is 1. The number of nitrogens with zero attached hydrogens (tertiary/aromatic N) is 6. The quantitative estimate of drug-likeness (QED) is 0.868. The number of piperidine rings is 1. The highest BCUT2D eigenvalue weighted by molar-refractivity contribution is 5.65. The molecule has 1 saturated carbocycles. The van der Waals surface area contributed by atoms with Gasteiger partial charge in [0.2, 0.25) is 11.9 Å². The van der Waals surface area contributed by atoms with Gasteiger partial charge < -0.3 is 20.3 Å². The maximum atomic E-state index is 5.62. The minimum absolute atomic E-state index is 0.273. The second-order valence-electron chi connectivity index (χ2n) is 7.49. The molecule has 8 nitrogen and oxygen atoms in total. The molecular weight excluding hydrogens is 318 g/mol. The third-order valence-electron chi connectivity index (χ3n) is 5.91. The van der Waals surface area contributed by atoms with E-state index in [4.69, 9.17) is 20.4 Å². The molecule has 0 radical (unpaired) electrons. The Labute approximate surface area is 145 Å². The van der Waals surface area contributed by atoms with Gasteiger partial charge in [-0.05, 0) is 18.3 Å². The van der Waals surface area contributed by atoms with Crippen LogP contribution in [-0.2, 0) is 4.74 Å². The van der Waals surface area contributed by atoms with Crippen molar-refractivity contribution in [2.45, 2.75) is 18.6 Å². The van der Waals surface area contributed by atoms with Gasteiger partial charge in [-0.2, -0.15) is 4.98 Å². The molecule has 4 atom stereocenters. The van der Waals surface area contributed by atoms with Gasteiger partial charge in [-0.25, -0.2) is 15.0 Å². The van der Waals surface area contributed by atoms with Crippen molar-refractivity contribution in [3.63, 3.8) is 0 Å². The topological polar surface area (TPSA) is 93.3 Å². The molecule has 6 rings (SSSR count). The Hall–Kier alpha value is -2.48. The molecule has 128 valence electrons. The average molecular weight is 337 g/mol. The van der Waals surface area contributed by atoms with E-state index in [2.05, 4.69) is 19.8 Å². The highest BCUT2D eigenvalue weighted by Crippen LogP contribution is 2.46. The van der Waals surface area contributed by atoms with Crippen LogP contribution in [0.2, 0.25) is 0 Å². The molecule has 4 fully saturated rings. The van der Waals surface area contributed by atoms with E-state index < -0.39 is 0 Å². The standard InChI is InChI=1S/C17H19N7O/c18-16-19-3-11(4-20-16)12-2-15(24-7-14-13(24)8-25-14)22-17(21-12)23-5-9-1-10(9)6-23/h2-4,9-10,13-14H,1,5-8H2,(H2,18,19,20)/t9?,10?,13-,14?/m1/s1. The number of anilines is 3. The van der Waals surface area contributed by atoms with Gasteiger partial charge in [-0.3, -0.25) is 0 Å². The summed E-state index contributed by atoms with van der Waals surface area (Å²) in [6.45, 7) is 3.84. The second kappa shape index (κ2) is 4.78. The molecule has 4 aliphatic rings. The van der Waals surface area contributed by atoms with E-state index in [0.717, 1.165) is 61.1 Å². The zero-order valence-electron chi connectivity index (χ0n) is 13.7. The maximum absolute atomic E-state index is 5.62. The Morgan fingerprint density at radius 2 is 1.88 bits per heavy atom. The molecule has 1 aliphatic carbocycles. The summed E-state index contributed by atoms with van der Waals surface area (Å²) in [4.78, 5) is 22.5. The van der Waals surface area contributed by atoms with Crippen molar-refractivity contribution in [1.82, 2.24) is 19.9 Å². The van der Waals surface area contributed by atoms with Gasteiger partial charge >= 0.3 is 0 Å². The van der Waals surface area contributed by atoms with E-state index in [1.165, 1.54) is 6.42 Å². The lowest BCUT2D eigenvalue weighted by atomic mass is 9.95. The van der Waals surface area contributed by atoms with Crippen molar-refractivity contribution < 1.29 is 4.74 Å². The Bertz CT molecular complexity index is 811. The van der Waals surface area contributed by atoms with Crippen molar-refractivity contribution in [2.75, 3.05) is 41.8 Å². The van der Waals surface area contributed by atoms with Crippen molar-refractivity contribution in [3.8, 4) is 11.3 Å². The molecule has 5 heterocycles. The molecule has 2 aromatic rings. The molecule has 2 N–H and O–H groups in total. The summed E-state index contributed by atoms with van der Waals surface area (Å²) < 4.78 is 5.53. The van der Waals surface area contributed by atoms with E-state index >= 15 is 0 Å². The fourth-order valence-corrected chi connectivity index (χ4v) is 4.13. The molecule has 8 heteroatoms. The van der Waals surface area contributed by atoms with Crippen LogP contribution in [-0.4, -0.2) is 58.3 Å². The van der Waals surface area contributed by atoms with Crippen LogP contribution >= 0.6 is 0 Å². The predicted molar refractivity (Wildman–Crippen MR) is 92.2 cm³/mol. The fourth-order valence-electron chi connectivity index (χ4n) is 4.13. The number of morpholine rings is 1. The molecule has 3 saturated heterocycles. The summed E-state index contributed by atoms with van der Waals surface area (Å²) in [5.74, 6) is 3.74. The lowest BCUT2D eigenvalue weighted by molar-refractivity contribution is -0.113. The largest absolute Gasteiger partial charge is 0.372 e. The molecule has 0 spiro atoms. The monoisotopic (exact) mass is 337 g/mol. The molecule has 0 bridgehead atoms. The van der Waals surface area contributed by atoms with Gasteiger partial charge in [0.1, 0.15) is 5.82 Å². The highest BCUT2D eigenvalue weighted by Gasteiger charge is 2.49. The number of aromatic nitrogens is 4. The van der Waals surface area contributed by atoms with Crippen molar-refractivity contribution in [1.29, 1.82) is 0 Å². The smallest absolute Gasteiger partial charge is 0.227 e. The van der Waals surface area contributed by atoms with E-state index in [-0.39, 0.29) is 5.95 Å². The Balaban J connectivity index is 1.39. The number of rotatable bonds is 3. The first-order valence-corrected chi connectivity index (χ1v) is 8.85. The molecule has 25 heavy (non-hydrogen) atoms. The van der Waals surface area contributed by atoms with Gasteiger partial charge in [0.15, 0.2) is 0 Å². The number of hydrogen-bond donors (Lipinski definition) is 1. The first kappa shape index (κ1) is 13.8. The average Bonchev–Trinajstić information content (AvgIpc) is 3.23. The molecule has 2 aromatic heterocycles. The molecule has 0 amide bonds. The maximum Gasteiger partial charge on any atom is 0.227 e. The van der Waals surface area contributed by atoms with Gasteiger partial charge in [0.05, 0.1) is 24.4 Å². The second-order valence-corrected chi connectivity index (χ2v) is 7.49. The minimum Gasteiger partial charge on any atom is -0.372 e. The number of hydrogen-bond acceptors (Lipinski definition) is 8. The first-order chi connectivity index (χ1) is 12.2. The van der Waals surface area contributed by atoms with Crippen LogP contribution in [0.5, 0.6) is 0 Å². The normalized spacial score (nSPS) is 31.8. The molecule has 3 aliphatic heterocycles. The first-order valence-electron chi connectivity index (χ1n) is 8.85. The van der Waals surface area contributed by atoms with Crippen LogP contribution in [0.3, 0.4) is 0 Å². The van der Waals surface area contributed by atoms with Gasteiger partial charge in [-0.15, -0.1) is 0 Å². The van der Waals surface area contributed by atoms with Gasteiger partial charge in [0, 0.05) is 43.7 Å². The van der Waals surface area contributed by atoms with E-state index in [9.17, 15) is 0 Å². The van der Waals surface area contributed by atoms with E-state index in [0.29, 0.717) is 12.1 Å². The number of nitrogen functional groups attached to an aromatic ring is 1. The van der Waals surface area contributed by atoms with E-state index in [1.54, 1.807) is 12.4 Å². The lowest BCUT2D eigenvalue weighted by Crippen LogP contribution is -2.71. The van der Waals surface area contributed by atoms with Crippen molar-refractivity contribution in [2.24, 2.45) is 11.8 Å². The third kappa shape index (κ3) is 2.10. The Morgan fingerprint density at radius 3 is 2.52 bits per heavy atom. The highest BCUT2D eigenvalue weighted by atomic mass is 16.5.